The van der Waals surface area contributed by atoms with Crippen molar-refractivity contribution < 1.29 is 18.9 Å². The van der Waals surface area contributed by atoms with E-state index in [9.17, 15) is 0 Å². The molecular formula is C20H40O4. The van der Waals surface area contributed by atoms with Crippen molar-refractivity contribution in [1.82, 2.24) is 0 Å². The van der Waals surface area contributed by atoms with Crippen molar-refractivity contribution in [2.24, 2.45) is 5.92 Å². The third-order valence-corrected chi connectivity index (χ3v) is 4.73. The Morgan fingerprint density at radius 1 is 1.00 bits per heavy atom. The number of rotatable bonds is 17. The molecule has 0 aromatic rings. The summed E-state index contributed by atoms with van der Waals surface area (Å²) in [6, 6.07) is 0. The van der Waals surface area contributed by atoms with E-state index < -0.39 is 5.79 Å². The van der Waals surface area contributed by atoms with Crippen LogP contribution in [-0.4, -0.2) is 44.9 Å². The number of hydrogen-bond donors (Lipinski definition) is 0. The van der Waals surface area contributed by atoms with Crippen LogP contribution in [0.25, 0.3) is 0 Å². The van der Waals surface area contributed by atoms with Gasteiger partial charge in [-0.2, -0.15) is 0 Å². The number of hydrogen-bond acceptors (Lipinski definition) is 4. The van der Waals surface area contributed by atoms with E-state index in [0.29, 0.717) is 25.2 Å². The molecule has 1 saturated heterocycles. The van der Waals surface area contributed by atoms with E-state index in [-0.39, 0.29) is 0 Å². The predicted octanol–water partition coefficient (Wildman–Crippen LogP) is 4.95. The molecule has 0 radical (unpaired) electrons. The quantitative estimate of drug-likeness (QED) is 0.213. The van der Waals surface area contributed by atoms with Gasteiger partial charge in [-0.3, -0.25) is 0 Å². The first-order valence-electron chi connectivity index (χ1n) is 10.2. The molecule has 144 valence electrons. The summed E-state index contributed by atoms with van der Waals surface area (Å²) in [5, 5.41) is 0. The normalized spacial score (nSPS) is 18.8. The topological polar surface area (TPSA) is 40.2 Å². The summed E-state index contributed by atoms with van der Waals surface area (Å²) in [4.78, 5) is 0. The molecule has 4 heteroatoms. The zero-order chi connectivity index (χ0) is 17.7. The lowest BCUT2D eigenvalue weighted by Crippen LogP contribution is -2.38. The highest BCUT2D eigenvalue weighted by molar-refractivity contribution is 4.75. The lowest BCUT2D eigenvalue weighted by Gasteiger charge is -2.35. The van der Waals surface area contributed by atoms with E-state index in [0.717, 1.165) is 32.7 Å². The van der Waals surface area contributed by atoms with Crippen LogP contribution >= 0.6 is 0 Å². The van der Waals surface area contributed by atoms with Crippen molar-refractivity contribution in [2.75, 3.05) is 33.0 Å². The van der Waals surface area contributed by atoms with Crippen LogP contribution in [-0.2, 0) is 18.9 Å². The van der Waals surface area contributed by atoms with Crippen LogP contribution in [0.3, 0.4) is 0 Å². The van der Waals surface area contributed by atoms with Gasteiger partial charge < -0.3 is 18.9 Å². The Labute approximate surface area is 149 Å². The molecule has 0 spiro atoms. The smallest absolute Gasteiger partial charge is 0.168 e. The summed E-state index contributed by atoms with van der Waals surface area (Å²) in [6.07, 6.45) is 9.90. The molecule has 1 rings (SSSR count). The van der Waals surface area contributed by atoms with Gasteiger partial charge in [0.1, 0.15) is 6.10 Å². The van der Waals surface area contributed by atoms with Gasteiger partial charge >= 0.3 is 0 Å². The Morgan fingerprint density at radius 3 is 2.21 bits per heavy atom. The first-order chi connectivity index (χ1) is 11.7. The molecule has 0 aliphatic carbocycles. The molecule has 0 bridgehead atoms. The minimum atomic E-state index is -0.447. The molecular weight excluding hydrogens is 304 g/mol. The average Bonchev–Trinajstić information content (AvgIpc) is 3.39. The molecule has 1 aliphatic rings. The van der Waals surface area contributed by atoms with Gasteiger partial charge in [0.15, 0.2) is 5.79 Å². The Balaban J connectivity index is 2.47. The molecule has 0 amide bonds. The second-order valence-corrected chi connectivity index (χ2v) is 6.90. The molecule has 1 fully saturated rings. The number of unbranched alkanes of at least 4 members (excludes halogenated alkanes) is 4. The van der Waals surface area contributed by atoms with Crippen molar-refractivity contribution in [3.63, 3.8) is 0 Å². The van der Waals surface area contributed by atoms with Crippen molar-refractivity contribution in [1.29, 1.82) is 0 Å². The van der Waals surface area contributed by atoms with E-state index in [1.807, 2.05) is 13.8 Å². The highest BCUT2D eigenvalue weighted by Crippen LogP contribution is 2.30. The summed E-state index contributed by atoms with van der Waals surface area (Å²) in [7, 11) is 0. The maximum Gasteiger partial charge on any atom is 0.168 e. The summed E-state index contributed by atoms with van der Waals surface area (Å²) in [5.41, 5.74) is 0. The SMILES string of the molecule is CCCCCCCC(COCC1CO1)CC(CC)(OCC)OCC. The Hall–Kier alpha value is -0.160. The van der Waals surface area contributed by atoms with E-state index >= 15 is 0 Å². The van der Waals surface area contributed by atoms with Crippen LogP contribution < -0.4 is 0 Å². The molecule has 0 aromatic heterocycles. The summed E-state index contributed by atoms with van der Waals surface area (Å²) < 4.78 is 23.2. The molecule has 2 unspecified atom stereocenters. The molecule has 2 atom stereocenters. The fraction of sp³-hybridized carbons (Fsp3) is 1.00. The summed E-state index contributed by atoms with van der Waals surface area (Å²) >= 11 is 0. The minimum absolute atomic E-state index is 0.338. The molecule has 1 aliphatic heterocycles. The Bertz CT molecular complexity index is 285. The standard InChI is InChI=1S/C20H40O4/c1-5-9-10-11-12-13-18(15-21-16-19-17-22-19)14-20(6-2,23-7-3)24-8-4/h18-19H,5-17H2,1-4H3. The van der Waals surface area contributed by atoms with Crippen LogP contribution in [0.15, 0.2) is 0 Å². The Morgan fingerprint density at radius 2 is 1.67 bits per heavy atom. The van der Waals surface area contributed by atoms with Gasteiger partial charge in [0.2, 0.25) is 0 Å². The maximum atomic E-state index is 6.03. The summed E-state index contributed by atoms with van der Waals surface area (Å²) in [5.74, 6) is 0.0419. The number of epoxide rings is 1. The van der Waals surface area contributed by atoms with Gasteiger partial charge in [-0.1, -0.05) is 46.0 Å². The maximum absolute atomic E-state index is 6.03. The highest BCUT2D eigenvalue weighted by atomic mass is 16.7. The zero-order valence-corrected chi connectivity index (χ0v) is 16.5. The van der Waals surface area contributed by atoms with Gasteiger partial charge in [-0.15, -0.1) is 0 Å². The van der Waals surface area contributed by atoms with E-state index in [1.54, 1.807) is 0 Å². The van der Waals surface area contributed by atoms with E-state index in [4.69, 9.17) is 18.9 Å². The fourth-order valence-corrected chi connectivity index (χ4v) is 3.29. The summed E-state index contributed by atoms with van der Waals surface area (Å²) in [6.45, 7) is 12.3. The minimum Gasteiger partial charge on any atom is -0.378 e. The van der Waals surface area contributed by atoms with Gasteiger partial charge in [0.25, 0.3) is 0 Å². The zero-order valence-electron chi connectivity index (χ0n) is 16.5. The van der Waals surface area contributed by atoms with Gasteiger partial charge in [-0.25, -0.2) is 0 Å². The second-order valence-electron chi connectivity index (χ2n) is 6.90. The van der Waals surface area contributed by atoms with Crippen LogP contribution in [0.5, 0.6) is 0 Å². The van der Waals surface area contributed by atoms with Crippen molar-refractivity contribution >= 4 is 0 Å². The Kier molecular flexibility index (Phi) is 11.9. The van der Waals surface area contributed by atoms with Crippen LogP contribution in [0.4, 0.5) is 0 Å². The molecule has 0 N–H and O–H groups in total. The third-order valence-electron chi connectivity index (χ3n) is 4.73. The highest BCUT2D eigenvalue weighted by Gasteiger charge is 2.33. The molecule has 4 nitrogen and oxygen atoms in total. The third kappa shape index (κ3) is 9.36. The number of ether oxygens (including phenoxy) is 4. The second kappa shape index (κ2) is 13.1. The lowest BCUT2D eigenvalue weighted by molar-refractivity contribution is -0.246. The molecule has 0 saturated carbocycles. The van der Waals surface area contributed by atoms with E-state index in [2.05, 4.69) is 13.8 Å². The monoisotopic (exact) mass is 344 g/mol. The van der Waals surface area contributed by atoms with Crippen LogP contribution in [0, 0.1) is 5.92 Å². The first kappa shape index (κ1) is 21.9. The van der Waals surface area contributed by atoms with Gasteiger partial charge in [-0.05, 0) is 32.6 Å². The van der Waals surface area contributed by atoms with Gasteiger partial charge in [0.05, 0.1) is 13.2 Å². The fourth-order valence-electron chi connectivity index (χ4n) is 3.29. The largest absolute Gasteiger partial charge is 0.378 e. The average molecular weight is 345 g/mol. The first-order valence-corrected chi connectivity index (χ1v) is 10.2. The van der Waals surface area contributed by atoms with Crippen LogP contribution in [0.1, 0.15) is 79.1 Å². The lowest BCUT2D eigenvalue weighted by atomic mass is 9.92. The van der Waals surface area contributed by atoms with Crippen molar-refractivity contribution in [3.8, 4) is 0 Å². The molecule has 24 heavy (non-hydrogen) atoms. The molecule has 1 heterocycles. The van der Waals surface area contributed by atoms with Crippen molar-refractivity contribution in [2.45, 2.75) is 91.0 Å². The van der Waals surface area contributed by atoms with Crippen LogP contribution in [0.2, 0.25) is 0 Å². The van der Waals surface area contributed by atoms with E-state index in [1.165, 1.54) is 38.5 Å². The molecule has 0 aromatic carbocycles. The van der Waals surface area contributed by atoms with Crippen molar-refractivity contribution in [3.05, 3.63) is 0 Å². The predicted molar refractivity (Wildman–Crippen MR) is 98.3 cm³/mol. The van der Waals surface area contributed by atoms with Gasteiger partial charge in [0, 0.05) is 26.2 Å².